The number of rotatable bonds is 12. The van der Waals surface area contributed by atoms with Crippen molar-refractivity contribution in [3.63, 3.8) is 0 Å². The Labute approximate surface area is 141 Å². The van der Waals surface area contributed by atoms with Crippen LogP contribution in [0.5, 0.6) is 5.75 Å². The molecule has 0 radical (unpaired) electrons. The third-order valence-corrected chi connectivity index (χ3v) is 4.13. The van der Waals surface area contributed by atoms with Gasteiger partial charge in [0.2, 0.25) is 0 Å². The van der Waals surface area contributed by atoms with Crippen LogP contribution in [0.15, 0.2) is 24.3 Å². The minimum Gasteiger partial charge on any atom is -0.425 e. The topological polar surface area (TPSA) is 52.3 Å². The summed E-state index contributed by atoms with van der Waals surface area (Å²) in [4.78, 5) is 11.9. The van der Waals surface area contributed by atoms with Crippen molar-refractivity contribution >= 4 is 5.97 Å². The molecule has 1 rings (SSSR count). The molecule has 1 aromatic carbocycles. The smallest absolute Gasteiger partial charge is 0.328 e. The summed E-state index contributed by atoms with van der Waals surface area (Å²) in [6.07, 6.45) is 11.4. The van der Waals surface area contributed by atoms with Crippen molar-refractivity contribution in [2.45, 2.75) is 84.1 Å². The molecule has 23 heavy (non-hydrogen) atoms. The van der Waals surface area contributed by atoms with Gasteiger partial charge in [0.05, 0.1) is 0 Å². The molecule has 3 heteroatoms. The summed E-state index contributed by atoms with van der Waals surface area (Å²) in [5.74, 6) is 0.268. The maximum Gasteiger partial charge on any atom is 0.328 e. The van der Waals surface area contributed by atoms with Crippen molar-refractivity contribution in [1.29, 1.82) is 0 Å². The Morgan fingerprint density at radius 3 is 2.22 bits per heavy atom. The van der Waals surface area contributed by atoms with Gasteiger partial charge in [0, 0.05) is 0 Å². The lowest BCUT2D eigenvalue weighted by Gasteiger charge is -2.11. The Morgan fingerprint density at radius 1 is 0.957 bits per heavy atom. The van der Waals surface area contributed by atoms with E-state index in [1.54, 1.807) is 0 Å². The van der Waals surface area contributed by atoms with Gasteiger partial charge in [-0.2, -0.15) is 0 Å². The van der Waals surface area contributed by atoms with Gasteiger partial charge < -0.3 is 10.5 Å². The molecule has 0 saturated carbocycles. The van der Waals surface area contributed by atoms with Crippen LogP contribution in [-0.4, -0.2) is 12.0 Å². The van der Waals surface area contributed by atoms with E-state index in [1.807, 2.05) is 24.3 Å². The highest BCUT2D eigenvalue weighted by Crippen LogP contribution is 2.16. The molecule has 3 nitrogen and oxygen atoms in total. The summed E-state index contributed by atoms with van der Waals surface area (Å²) in [6.45, 7) is 4.37. The first-order chi connectivity index (χ1) is 11.2. The molecule has 0 heterocycles. The molecule has 1 aromatic rings. The second-order valence-electron chi connectivity index (χ2n) is 6.33. The molecule has 0 aromatic heterocycles. The highest BCUT2D eigenvalue weighted by atomic mass is 16.5. The summed E-state index contributed by atoms with van der Waals surface area (Å²) in [7, 11) is 0. The van der Waals surface area contributed by atoms with Crippen molar-refractivity contribution in [2.75, 3.05) is 0 Å². The second-order valence-corrected chi connectivity index (χ2v) is 6.33. The Balaban J connectivity index is 2.31. The highest BCUT2D eigenvalue weighted by Gasteiger charge is 2.15. The van der Waals surface area contributed by atoms with Crippen molar-refractivity contribution in [3.8, 4) is 5.75 Å². The van der Waals surface area contributed by atoms with Gasteiger partial charge in [-0.15, -0.1) is 0 Å². The number of hydrogen-bond acceptors (Lipinski definition) is 3. The SMILES string of the molecule is CCCCCCCc1ccc(OC(=O)C(N)CCCCC)cc1. The standard InChI is InChI=1S/C20H33NO2/c1-3-5-7-8-10-11-17-13-15-18(16-14-17)23-20(22)19(21)12-9-6-4-2/h13-16,19H,3-12,21H2,1-2H3. The third-order valence-electron chi connectivity index (χ3n) is 4.13. The lowest BCUT2D eigenvalue weighted by Crippen LogP contribution is -2.34. The van der Waals surface area contributed by atoms with Crippen LogP contribution in [0.2, 0.25) is 0 Å². The monoisotopic (exact) mass is 319 g/mol. The van der Waals surface area contributed by atoms with Gasteiger partial charge in [-0.1, -0.05) is 70.9 Å². The van der Waals surface area contributed by atoms with Gasteiger partial charge in [-0.3, -0.25) is 0 Å². The number of carbonyl (C=O) groups is 1. The van der Waals surface area contributed by atoms with Crippen molar-refractivity contribution in [1.82, 2.24) is 0 Å². The largest absolute Gasteiger partial charge is 0.425 e. The quantitative estimate of drug-likeness (QED) is 0.334. The number of unbranched alkanes of at least 4 members (excludes halogenated alkanes) is 6. The predicted octanol–water partition coefficient (Wildman–Crippen LogP) is 5.01. The fourth-order valence-electron chi connectivity index (χ4n) is 2.58. The van der Waals surface area contributed by atoms with Gasteiger partial charge in [0.1, 0.15) is 11.8 Å². The molecule has 130 valence electrons. The summed E-state index contributed by atoms with van der Waals surface area (Å²) >= 11 is 0. The maximum absolute atomic E-state index is 11.9. The molecule has 0 saturated heterocycles. The lowest BCUT2D eigenvalue weighted by atomic mass is 10.1. The molecule has 0 spiro atoms. The highest BCUT2D eigenvalue weighted by molar-refractivity contribution is 5.77. The van der Waals surface area contributed by atoms with Crippen LogP contribution in [0, 0.1) is 0 Å². The molecular formula is C20H33NO2. The molecule has 1 unspecified atom stereocenters. The molecule has 0 aliphatic heterocycles. The molecule has 1 atom stereocenters. The van der Waals surface area contributed by atoms with E-state index in [9.17, 15) is 4.79 Å². The summed E-state index contributed by atoms with van der Waals surface area (Å²) < 4.78 is 5.36. The first kappa shape index (κ1) is 19.7. The van der Waals surface area contributed by atoms with Gasteiger partial charge in [-0.25, -0.2) is 4.79 Å². The molecule has 2 N–H and O–H groups in total. The van der Waals surface area contributed by atoms with E-state index in [0.29, 0.717) is 12.2 Å². The Hall–Kier alpha value is -1.35. The van der Waals surface area contributed by atoms with E-state index in [-0.39, 0.29) is 5.97 Å². The number of esters is 1. The number of carbonyl (C=O) groups excluding carboxylic acids is 1. The molecule has 0 aliphatic rings. The van der Waals surface area contributed by atoms with E-state index in [4.69, 9.17) is 10.5 Å². The van der Waals surface area contributed by atoms with Crippen LogP contribution in [0.25, 0.3) is 0 Å². The van der Waals surface area contributed by atoms with Crippen LogP contribution in [-0.2, 0) is 11.2 Å². The number of nitrogens with two attached hydrogens (primary N) is 1. The summed E-state index contributed by atoms with van der Waals surface area (Å²) in [5, 5.41) is 0. The third kappa shape index (κ3) is 8.75. The minimum atomic E-state index is -0.514. The summed E-state index contributed by atoms with van der Waals surface area (Å²) in [5.41, 5.74) is 7.17. The van der Waals surface area contributed by atoms with E-state index in [2.05, 4.69) is 13.8 Å². The molecule has 0 fully saturated rings. The van der Waals surface area contributed by atoms with E-state index in [1.165, 1.54) is 37.7 Å². The average molecular weight is 319 g/mol. The van der Waals surface area contributed by atoms with Crippen LogP contribution in [0.3, 0.4) is 0 Å². The maximum atomic E-state index is 11.9. The first-order valence-electron chi connectivity index (χ1n) is 9.23. The van der Waals surface area contributed by atoms with E-state index < -0.39 is 6.04 Å². The fraction of sp³-hybridized carbons (Fsp3) is 0.650. The van der Waals surface area contributed by atoms with Crippen LogP contribution < -0.4 is 10.5 Å². The van der Waals surface area contributed by atoms with Crippen LogP contribution in [0.1, 0.15) is 77.2 Å². The molecule has 0 bridgehead atoms. The Morgan fingerprint density at radius 2 is 1.57 bits per heavy atom. The predicted molar refractivity (Wildman–Crippen MR) is 96.7 cm³/mol. The van der Waals surface area contributed by atoms with Gasteiger partial charge in [0.15, 0.2) is 0 Å². The molecule has 0 amide bonds. The van der Waals surface area contributed by atoms with Gasteiger partial charge >= 0.3 is 5.97 Å². The van der Waals surface area contributed by atoms with Crippen molar-refractivity contribution < 1.29 is 9.53 Å². The van der Waals surface area contributed by atoms with Gasteiger partial charge in [0.25, 0.3) is 0 Å². The Bertz CT molecular complexity index is 428. The summed E-state index contributed by atoms with van der Waals surface area (Å²) in [6, 6.07) is 7.33. The molecule has 0 aliphatic carbocycles. The molecular weight excluding hydrogens is 286 g/mol. The number of hydrogen-bond donors (Lipinski definition) is 1. The number of ether oxygens (including phenoxy) is 1. The fourth-order valence-corrected chi connectivity index (χ4v) is 2.58. The lowest BCUT2D eigenvalue weighted by molar-refractivity contribution is -0.136. The van der Waals surface area contributed by atoms with Crippen LogP contribution in [0.4, 0.5) is 0 Å². The average Bonchev–Trinajstić information content (AvgIpc) is 2.56. The normalized spacial score (nSPS) is 12.1. The van der Waals surface area contributed by atoms with E-state index >= 15 is 0 Å². The van der Waals surface area contributed by atoms with E-state index in [0.717, 1.165) is 25.7 Å². The van der Waals surface area contributed by atoms with Crippen molar-refractivity contribution in [2.24, 2.45) is 5.73 Å². The number of aryl methyl sites for hydroxylation is 1. The zero-order chi connectivity index (χ0) is 16.9. The second kappa shape index (κ2) is 12.1. The number of benzene rings is 1. The van der Waals surface area contributed by atoms with Gasteiger partial charge in [-0.05, 0) is 37.0 Å². The zero-order valence-corrected chi connectivity index (χ0v) is 14.9. The minimum absolute atomic E-state index is 0.326. The Kier molecular flexibility index (Phi) is 10.4. The first-order valence-corrected chi connectivity index (χ1v) is 9.23. The van der Waals surface area contributed by atoms with Crippen LogP contribution >= 0.6 is 0 Å². The zero-order valence-electron chi connectivity index (χ0n) is 14.9. The van der Waals surface area contributed by atoms with Crippen molar-refractivity contribution in [3.05, 3.63) is 29.8 Å².